The number of carbonyl (C=O) groups excluding carboxylic acids is 2. The highest BCUT2D eigenvalue weighted by atomic mass is 16.5. The molecule has 2 rings (SSSR count). The first-order chi connectivity index (χ1) is 13.1. The molecule has 0 aromatic carbocycles. The Hall–Kier alpha value is -3.52. The normalized spacial score (nSPS) is 13.9. The van der Waals surface area contributed by atoms with Crippen LogP contribution in [-0.4, -0.2) is 28.1 Å². The Balaban J connectivity index is 2.23. The molecular weight excluding hydrogens is 360 g/mol. The maximum Gasteiger partial charge on any atom is 0.343 e. The van der Waals surface area contributed by atoms with Crippen molar-refractivity contribution in [1.82, 2.24) is 9.88 Å². The van der Waals surface area contributed by atoms with Gasteiger partial charge in [-0.25, -0.2) is 4.79 Å². The van der Waals surface area contributed by atoms with E-state index in [4.69, 9.17) is 9.15 Å². The largest absolute Gasteiger partial charge is 0.449 e. The van der Waals surface area contributed by atoms with Crippen LogP contribution in [0.25, 0.3) is 5.88 Å². The van der Waals surface area contributed by atoms with E-state index in [1.54, 1.807) is 56.8 Å². The molecule has 0 spiro atoms. The van der Waals surface area contributed by atoms with Crippen LogP contribution >= 0.6 is 0 Å². The van der Waals surface area contributed by atoms with Crippen molar-refractivity contribution in [3.8, 4) is 18.0 Å². The first-order valence-corrected chi connectivity index (χ1v) is 8.75. The molecule has 146 valence electrons. The summed E-state index contributed by atoms with van der Waals surface area (Å²) in [7, 11) is 0. The second-order valence-corrected chi connectivity index (χ2v) is 6.92. The molecule has 0 radical (unpaired) electrons. The topological polar surface area (TPSA) is 121 Å². The number of hydrogen-bond donors (Lipinski definition) is 1. The summed E-state index contributed by atoms with van der Waals surface area (Å²) in [4.78, 5) is 25.0. The summed E-state index contributed by atoms with van der Waals surface area (Å²) >= 11 is 0. The number of aryl methyl sites for hydroxylation is 1. The maximum absolute atomic E-state index is 12.6. The second kappa shape index (κ2) is 8.01. The Kier molecular flexibility index (Phi) is 5.95. The number of carbonyl (C=O) groups is 2. The van der Waals surface area contributed by atoms with E-state index in [0.29, 0.717) is 0 Å². The summed E-state index contributed by atoms with van der Waals surface area (Å²) in [5.74, 6) is -1.18. The van der Waals surface area contributed by atoms with Crippen molar-refractivity contribution < 1.29 is 18.7 Å². The highest BCUT2D eigenvalue weighted by molar-refractivity contribution is 5.96. The van der Waals surface area contributed by atoms with E-state index >= 15 is 0 Å². The molecule has 2 aromatic rings. The van der Waals surface area contributed by atoms with Crippen LogP contribution in [0, 0.1) is 35.5 Å². The Bertz CT molecular complexity index is 960. The zero-order valence-electron chi connectivity index (χ0n) is 16.4. The molecule has 0 aliphatic heterocycles. The summed E-state index contributed by atoms with van der Waals surface area (Å²) < 4.78 is 12.4. The Morgan fingerprint density at radius 2 is 1.86 bits per heavy atom. The number of aromatic nitrogens is 1. The third-order valence-corrected chi connectivity index (χ3v) is 4.64. The molecule has 0 fully saturated rings. The van der Waals surface area contributed by atoms with Crippen molar-refractivity contribution in [2.75, 3.05) is 0 Å². The van der Waals surface area contributed by atoms with Crippen molar-refractivity contribution in [1.29, 1.82) is 10.5 Å². The van der Waals surface area contributed by atoms with Gasteiger partial charge in [0.1, 0.15) is 28.5 Å². The predicted octanol–water partition coefficient (Wildman–Crippen LogP) is 2.85. The Labute approximate surface area is 163 Å². The number of nitrogens with zero attached hydrogens (tertiary/aromatic N) is 3. The molecule has 2 aromatic heterocycles. The predicted molar refractivity (Wildman–Crippen MR) is 99.4 cm³/mol. The summed E-state index contributed by atoms with van der Waals surface area (Å²) in [6, 6.07) is 7.53. The zero-order chi connectivity index (χ0) is 21.1. The van der Waals surface area contributed by atoms with Crippen LogP contribution in [0.1, 0.15) is 49.4 Å². The van der Waals surface area contributed by atoms with Gasteiger partial charge in [0.05, 0.1) is 6.07 Å². The van der Waals surface area contributed by atoms with Crippen LogP contribution in [0.3, 0.4) is 0 Å². The number of ether oxygens (including phenoxy) is 1. The van der Waals surface area contributed by atoms with Crippen LogP contribution < -0.4 is 5.32 Å². The van der Waals surface area contributed by atoms with Gasteiger partial charge in [-0.05, 0) is 38.8 Å². The molecule has 1 N–H and O–H groups in total. The van der Waals surface area contributed by atoms with Gasteiger partial charge < -0.3 is 14.5 Å². The molecule has 0 bridgehead atoms. The van der Waals surface area contributed by atoms with Crippen LogP contribution in [0.4, 0.5) is 0 Å². The van der Waals surface area contributed by atoms with Crippen molar-refractivity contribution in [2.24, 2.45) is 5.92 Å². The lowest BCUT2D eigenvalue weighted by Crippen LogP contribution is -2.52. The van der Waals surface area contributed by atoms with E-state index in [-0.39, 0.29) is 28.7 Å². The summed E-state index contributed by atoms with van der Waals surface area (Å²) in [6.07, 6.45) is 2.20. The molecule has 28 heavy (non-hydrogen) atoms. The van der Waals surface area contributed by atoms with Crippen LogP contribution in [-0.2, 0) is 9.53 Å². The van der Waals surface area contributed by atoms with Crippen LogP contribution in [0.15, 0.2) is 28.9 Å². The summed E-state index contributed by atoms with van der Waals surface area (Å²) in [5, 5.41) is 21.4. The molecule has 0 aliphatic carbocycles. The number of rotatable bonds is 6. The third-order valence-electron chi connectivity index (χ3n) is 4.64. The first kappa shape index (κ1) is 20.8. The van der Waals surface area contributed by atoms with E-state index in [9.17, 15) is 20.1 Å². The van der Waals surface area contributed by atoms with Gasteiger partial charge in [0, 0.05) is 12.4 Å². The number of nitriles is 2. The zero-order valence-corrected chi connectivity index (χ0v) is 16.4. The van der Waals surface area contributed by atoms with Gasteiger partial charge in [0.15, 0.2) is 6.10 Å². The van der Waals surface area contributed by atoms with E-state index in [1.165, 1.54) is 6.92 Å². The van der Waals surface area contributed by atoms with E-state index < -0.39 is 23.5 Å². The second-order valence-electron chi connectivity index (χ2n) is 6.92. The average molecular weight is 382 g/mol. The van der Waals surface area contributed by atoms with Crippen LogP contribution in [0.5, 0.6) is 0 Å². The number of amides is 1. The molecular formula is C20H22N4O4. The number of furan rings is 1. The highest BCUT2D eigenvalue weighted by Crippen LogP contribution is 2.26. The van der Waals surface area contributed by atoms with E-state index in [1.807, 2.05) is 6.07 Å². The molecule has 2 heterocycles. The SMILES string of the molecule is Cc1oc(-n2cccc2)c(C#N)c1C(=O)O[C@H](C)C(=O)N[C@@](C)(C#N)C(C)C. The lowest BCUT2D eigenvalue weighted by atomic mass is 9.90. The average Bonchev–Trinajstić information content (AvgIpc) is 3.28. The van der Waals surface area contributed by atoms with Gasteiger partial charge in [0.2, 0.25) is 5.88 Å². The molecule has 8 nitrogen and oxygen atoms in total. The molecule has 2 atom stereocenters. The molecule has 0 aliphatic rings. The van der Waals surface area contributed by atoms with Crippen molar-refractivity contribution in [3.05, 3.63) is 41.4 Å². The number of hydrogen-bond acceptors (Lipinski definition) is 6. The number of nitrogens with one attached hydrogen (secondary N) is 1. The minimum absolute atomic E-state index is 0.0235. The van der Waals surface area contributed by atoms with Crippen molar-refractivity contribution in [2.45, 2.75) is 46.3 Å². The molecule has 0 unspecified atom stereocenters. The third kappa shape index (κ3) is 3.91. The van der Waals surface area contributed by atoms with E-state index in [2.05, 4.69) is 11.4 Å². The van der Waals surface area contributed by atoms with Crippen molar-refractivity contribution >= 4 is 11.9 Å². The summed E-state index contributed by atoms with van der Waals surface area (Å²) in [5.41, 5.74) is -1.10. The Morgan fingerprint density at radius 3 is 2.36 bits per heavy atom. The van der Waals surface area contributed by atoms with Crippen LogP contribution in [0.2, 0.25) is 0 Å². The van der Waals surface area contributed by atoms with Gasteiger partial charge >= 0.3 is 5.97 Å². The summed E-state index contributed by atoms with van der Waals surface area (Å²) in [6.45, 7) is 8.15. The van der Waals surface area contributed by atoms with Gasteiger partial charge in [-0.2, -0.15) is 10.5 Å². The fourth-order valence-corrected chi connectivity index (χ4v) is 2.46. The lowest BCUT2D eigenvalue weighted by molar-refractivity contribution is -0.130. The van der Waals surface area contributed by atoms with Gasteiger partial charge in [-0.3, -0.25) is 9.36 Å². The minimum atomic E-state index is -1.16. The standard InChI is InChI=1S/C20H22N4O4/c1-12(2)20(5,11-22)23-17(25)14(4)28-19(26)16-13(3)27-18(15(16)10-21)24-8-6-7-9-24/h6-9,12,14H,1-5H3,(H,23,25)/t14-,20+/m1/s1. The smallest absolute Gasteiger partial charge is 0.343 e. The van der Waals surface area contributed by atoms with Gasteiger partial charge in [0.25, 0.3) is 5.91 Å². The number of esters is 1. The molecule has 0 saturated carbocycles. The van der Waals surface area contributed by atoms with Gasteiger partial charge in [-0.15, -0.1) is 0 Å². The molecule has 1 amide bonds. The highest BCUT2D eigenvalue weighted by Gasteiger charge is 2.34. The fourth-order valence-electron chi connectivity index (χ4n) is 2.46. The first-order valence-electron chi connectivity index (χ1n) is 8.75. The monoisotopic (exact) mass is 382 g/mol. The quantitative estimate of drug-likeness (QED) is 0.767. The van der Waals surface area contributed by atoms with Gasteiger partial charge in [-0.1, -0.05) is 13.8 Å². The fraction of sp³-hybridized carbons (Fsp3) is 0.400. The van der Waals surface area contributed by atoms with Crippen molar-refractivity contribution in [3.63, 3.8) is 0 Å². The van der Waals surface area contributed by atoms with E-state index in [0.717, 1.165) is 0 Å². The maximum atomic E-state index is 12.6. The Morgan fingerprint density at radius 1 is 1.25 bits per heavy atom. The lowest BCUT2D eigenvalue weighted by Gasteiger charge is -2.28. The molecule has 0 saturated heterocycles. The minimum Gasteiger partial charge on any atom is -0.449 e. The molecule has 8 heteroatoms.